The van der Waals surface area contributed by atoms with Gasteiger partial charge in [-0.1, -0.05) is 6.42 Å². The Morgan fingerprint density at radius 1 is 1.32 bits per heavy atom. The van der Waals surface area contributed by atoms with E-state index in [1.165, 1.54) is 24.8 Å². The Labute approximate surface area is 123 Å². The molecule has 106 valence electrons. The molecule has 19 heavy (non-hydrogen) atoms. The van der Waals surface area contributed by atoms with Crippen LogP contribution in [0.1, 0.15) is 38.7 Å². The van der Waals surface area contributed by atoms with Crippen molar-refractivity contribution in [1.82, 2.24) is 4.90 Å². The number of hydrogen-bond donors (Lipinski definition) is 1. The third kappa shape index (κ3) is 3.23. The molecule has 0 radical (unpaired) electrons. The molecule has 1 heterocycles. The Bertz CT molecular complexity index is 440. The Morgan fingerprint density at radius 3 is 2.53 bits per heavy atom. The van der Waals surface area contributed by atoms with Crippen molar-refractivity contribution in [2.45, 2.75) is 51.7 Å². The van der Waals surface area contributed by atoms with E-state index in [9.17, 15) is 5.11 Å². The third-order valence-corrected chi connectivity index (χ3v) is 4.65. The van der Waals surface area contributed by atoms with Gasteiger partial charge in [-0.25, -0.2) is 0 Å². The quantitative estimate of drug-likeness (QED) is 0.913. The van der Waals surface area contributed by atoms with E-state index >= 15 is 0 Å². The summed E-state index contributed by atoms with van der Waals surface area (Å²) >= 11 is 3.38. The molecule has 0 aliphatic carbocycles. The number of aromatic hydroxyl groups is 1. The van der Waals surface area contributed by atoms with Crippen molar-refractivity contribution >= 4 is 15.9 Å². The fourth-order valence-corrected chi connectivity index (χ4v) is 3.36. The SMILES string of the molecule is COc1cc(CN2[C@H](C)CCC[C@@H]2C)cc(Br)c1O. The van der Waals surface area contributed by atoms with Crippen LogP contribution in [-0.4, -0.2) is 29.2 Å². The lowest BCUT2D eigenvalue weighted by Crippen LogP contribution is -2.42. The number of ether oxygens (including phenoxy) is 1. The van der Waals surface area contributed by atoms with Gasteiger partial charge in [-0.2, -0.15) is 0 Å². The molecule has 0 unspecified atom stereocenters. The Balaban J connectivity index is 2.20. The lowest BCUT2D eigenvalue weighted by molar-refractivity contribution is 0.0951. The van der Waals surface area contributed by atoms with E-state index in [-0.39, 0.29) is 5.75 Å². The second kappa shape index (κ2) is 6.14. The van der Waals surface area contributed by atoms with Crippen molar-refractivity contribution in [3.05, 3.63) is 22.2 Å². The van der Waals surface area contributed by atoms with Crippen LogP contribution in [0, 0.1) is 0 Å². The highest BCUT2D eigenvalue weighted by Crippen LogP contribution is 2.36. The fourth-order valence-electron chi connectivity index (χ4n) is 2.87. The number of piperidine rings is 1. The Hall–Kier alpha value is -0.740. The van der Waals surface area contributed by atoms with Crippen molar-refractivity contribution in [3.8, 4) is 11.5 Å². The molecular weight excluding hydrogens is 306 g/mol. The molecule has 2 atom stereocenters. The maximum Gasteiger partial charge on any atom is 0.172 e. The Morgan fingerprint density at radius 2 is 1.95 bits per heavy atom. The summed E-state index contributed by atoms with van der Waals surface area (Å²) in [6, 6.07) is 5.13. The van der Waals surface area contributed by atoms with E-state index in [1.54, 1.807) is 7.11 Å². The number of hydrogen-bond acceptors (Lipinski definition) is 3. The van der Waals surface area contributed by atoms with Crippen molar-refractivity contribution in [3.63, 3.8) is 0 Å². The molecular formula is C15H22BrNO2. The first kappa shape index (κ1) is 14.7. The summed E-state index contributed by atoms with van der Waals surface area (Å²) in [6.45, 7) is 5.49. The van der Waals surface area contributed by atoms with Gasteiger partial charge in [0.2, 0.25) is 0 Å². The van der Waals surface area contributed by atoms with Gasteiger partial charge >= 0.3 is 0 Å². The van der Waals surface area contributed by atoms with Gasteiger partial charge in [0.25, 0.3) is 0 Å². The molecule has 0 spiro atoms. The van der Waals surface area contributed by atoms with E-state index in [0.29, 0.717) is 22.3 Å². The highest BCUT2D eigenvalue weighted by Gasteiger charge is 2.25. The third-order valence-electron chi connectivity index (χ3n) is 4.05. The van der Waals surface area contributed by atoms with Crippen molar-refractivity contribution < 1.29 is 9.84 Å². The molecule has 0 bridgehead atoms. The fraction of sp³-hybridized carbons (Fsp3) is 0.600. The molecule has 1 aromatic rings. The van der Waals surface area contributed by atoms with Gasteiger partial charge in [-0.3, -0.25) is 4.90 Å². The van der Waals surface area contributed by atoms with Gasteiger partial charge < -0.3 is 9.84 Å². The number of benzene rings is 1. The standard InChI is InChI=1S/C15H22BrNO2/c1-10-5-4-6-11(2)17(10)9-12-7-13(16)15(18)14(8-12)19-3/h7-8,10-11,18H,4-6,9H2,1-3H3/t10-,11+. The van der Waals surface area contributed by atoms with Gasteiger partial charge in [-0.05, 0) is 60.3 Å². The zero-order valence-electron chi connectivity index (χ0n) is 11.8. The van der Waals surface area contributed by atoms with E-state index in [2.05, 4.69) is 34.7 Å². The molecule has 1 aliphatic rings. The minimum atomic E-state index is 0.172. The summed E-state index contributed by atoms with van der Waals surface area (Å²) in [5.74, 6) is 0.702. The lowest BCUT2D eigenvalue weighted by atomic mass is 9.96. The zero-order chi connectivity index (χ0) is 14.0. The van der Waals surface area contributed by atoms with Gasteiger partial charge in [0.1, 0.15) is 0 Å². The van der Waals surface area contributed by atoms with Gasteiger partial charge in [0.15, 0.2) is 11.5 Å². The predicted octanol–water partition coefficient (Wildman–Crippen LogP) is 3.93. The van der Waals surface area contributed by atoms with Crippen LogP contribution in [0.3, 0.4) is 0 Å². The van der Waals surface area contributed by atoms with E-state index in [1.807, 2.05) is 12.1 Å². The molecule has 0 saturated carbocycles. The maximum atomic E-state index is 9.85. The molecule has 4 heteroatoms. The van der Waals surface area contributed by atoms with Crippen molar-refractivity contribution in [1.29, 1.82) is 0 Å². The van der Waals surface area contributed by atoms with Crippen LogP contribution in [0.2, 0.25) is 0 Å². The molecule has 1 saturated heterocycles. The first-order valence-corrected chi connectivity index (χ1v) is 7.63. The number of rotatable bonds is 3. The average molecular weight is 328 g/mol. The lowest BCUT2D eigenvalue weighted by Gasteiger charge is -2.39. The topological polar surface area (TPSA) is 32.7 Å². The molecule has 1 aromatic carbocycles. The second-order valence-electron chi connectivity index (χ2n) is 5.43. The van der Waals surface area contributed by atoms with Crippen molar-refractivity contribution in [2.24, 2.45) is 0 Å². The van der Waals surface area contributed by atoms with Crippen LogP contribution in [-0.2, 0) is 6.54 Å². The molecule has 1 aliphatic heterocycles. The molecule has 1 N–H and O–H groups in total. The second-order valence-corrected chi connectivity index (χ2v) is 6.28. The number of halogens is 1. The van der Waals surface area contributed by atoms with E-state index < -0.39 is 0 Å². The summed E-state index contributed by atoms with van der Waals surface area (Å²) < 4.78 is 5.90. The molecule has 1 fully saturated rings. The largest absolute Gasteiger partial charge is 0.503 e. The van der Waals surface area contributed by atoms with Gasteiger partial charge in [0.05, 0.1) is 11.6 Å². The number of likely N-dealkylation sites (tertiary alicyclic amines) is 1. The molecule has 2 rings (SSSR count). The Kier molecular flexibility index (Phi) is 4.74. The van der Waals surface area contributed by atoms with E-state index in [0.717, 1.165) is 6.54 Å². The smallest absolute Gasteiger partial charge is 0.172 e. The van der Waals surface area contributed by atoms with Gasteiger partial charge in [-0.15, -0.1) is 0 Å². The summed E-state index contributed by atoms with van der Waals surface area (Å²) in [5, 5.41) is 9.85. The highest BCUT2D eigenvalue weighted by molar-refractivity contribution is 9.10. The summed E-state index contributed by atoms with van der Waals surface area (Å²) in [5.41, 5.74) is 1.17. The number of methoxy groups -OCH3 is 1. The van der Waals surface area contributed by atoms with Crippen LogP contribution in [0.5, 0.6) is 11.5 Å². The predicted molar refractivity (Wildman–Crippen MR) is 80.7 cm³/mol. The van der Waals surface area contributed by atoms with Crippen LogP contribution in [0.25, 0.3) is 0 Å². The first-order valence-electron chi connectivity index (χ1n) is 6.84. The van der Waals surface area contributed by atoms with Gasteiger partial charge in [0, 0.05) is 18.6 Å². The summed E-state index contributed by atoms with van der Waals surface area (Å²) in [7, 11) is 1.58. The number of nitrogens with zero attached hydrogens (tertiary/aromatic N) is 1. The molecule has 0 amide bonds. The summed E-state index contributed by atoms with van der Waals surface area (Å²) in [6.07, 6.45) is 3.85. The number of phenols is 1. The number of phenolic OH excluding ortho intramolecular Hbond substituents is 1. The average Bonchev–Trinajstić information content (AvgIpc) is 2.38. The zero-order valence-corrected chi connectivity index (χ0v) is 13.4. The molecule has 3 nitrogen and oxygen atoms in total. The van der Waals surface area contributed by atoms with Crippen LogP contribution in [0.4, 0.5) is 0 Å². The maximum absolute atomic E-state index is 9.85. The van der Waals surface area contributed by atoms with E-state index in [4.69, 9.17) is 4.74 Å². The first-order chi connectivity index (χ1) is 9.02. The van der Waals surface area contributed by atoms with Crippen LogP contribution < -0.4 is 4.74 Å². The van der Waals surface area contributed by atoms with Crippen LogP contribution in [0.15, 0.2) is 16.6 Å². The normalized spacial score (nSPS) is 24.4. The summed E-state index contributed by atoms with van der Waals surface area (Å²) in [4.78, 5) is 2.53. The monoisotopic (exact) mass is 327 g/mol. The van der Waals surface area contributed by atoms with Crippen molar-refractivity contribution in [2.75, 3.05) is 7.11 Å². The molecule has 0 aromatic heterocycles. The van der Waals surface area contributed by atoms with Crippen LogP contribution >= 0.6 is 15.9 Å². The highest BCUT2D eigenvalue weighted by atomic mass is 79.9. The minimum absolute atomic E-state index is 0.172. The minimum Gasteiger partial charge on any atom is -0.503 e.